The minimum atomic E-state index is 0.225. The molecule has 1 saturated carbocycles. The fraction of sp³-hybridized carbons (Fsp3) is 0.278. The maximum Gasteiger partial charge on any atom is 0.229 e. The summed E-state index contributed by atoms with van der Waals surface area (Å²) in [6.07, 6.45) is 5.36. The molecule has 2 aromatic heterocycles. The predicted octanol–water partition coefficient (Wildman–Crippen LogP) is 3.67. The molecule has 2 aliphatic rings. The molecule has 24 heavy (non-hydrogen) atoms. The smallest absolute Gasteiger partial charge is 0.229 e. The van der Waals surface area contributed by atoms with E-state index < -0.39 is 0 Å². The fourth-order valence-electron chi connectivity index (χ4n) is 3.10. The first-order valence-electron chi connectivity index (χ1n) is 8.21. The number of nitrogens with zero attached hydrogens (tertiary/aromatic N) is 2. The summed E-state index contributed by atoms with van der Waals surface area (Å²) in [6.45, 7) is 0. The molecular formula is C18H16N4O2. The minimum absolute atomic E-state index is 0.225. The molecule has 2 N–H and O–H groups in total. The molecule has 5 rings (SSSR count). The molecular weight excluding hydrogens is 304 g/mol. The molecule has 0 atom stereocenters. The topological polar surface area (TPSA) is 80.0 Å². The molecule has 3 aromatic rings. The summed E-state index contributed by atoms with van der Waals surface area (Å²) in [5, 5.41) is 6.64. The van der Waals surface area contributed by atoms with E-state index >= 15 is 0 Å². The second-order valence-corrected chi connectivity index (χ2v) is 6.37. The number of benzene rings is 1. The van der Waals surface area contributed by atoms with E-state index in [1.807, 2.05) is 24.3 Å². The number of carbonyl (C=O) groups excluding carboxylic acids is 1. The zero-order valence-corrected chi connectivity index (χ0v) is 13.0. The number of carbonyl (C=O) groups is 1. The summed E-state index contributed by atoms with van der Waals surface area (Å²) < 4.78 is 5.50. The molecule has 0 radical (unpaired) electrons. The Morgan fingerprint density at radius 2 is 2.04 bits per heavy atom. The second-order valence-electron chi connectivity index (χ2n) is 6.37. The highest BCUT2D eigenvalue weighted by Gasteiger charge is 2.24. The summed E-state index contributed by atoms with van der Waals surface area (Å²) in [6, 6.07) is 8.11. The van der Waals surface area contributed by atoms with E-state index in [0.717, 1.165) is 47.4 Å². The third-order valence-electron chi connectivity index (χ3n) is 4.50. The number of Topliss-reactive ketones (excluding diaryl/α,β-unsaturated/α-hetero) is 1. The van der Waals surface area contributed by atoms with Crippen molar-refractivity contribution in [3.8, 4) is 0 Å². The Kier molecular flexibility index (Phi) is 2.85. The van der Waals surface area contributed by atoms with Gasteiger partial charge in [-0.1, -0.05) is 0 Å². The molecule has 0 saturated heterocycles. The zero-order valence-electron chi connectivity index (χ0n) is 13.0. The maximum atomic E-state index is 11.7. The van der Waals surface area contributed by atoms with Gasteiger partial charge in [0.05, 0.1) is 6.26 Å². The Morgan fingerprint density at radius 3 is 2.92 bits per heavy atom. The summed E-state index contributed by atoms with van der Waals surface area (Å²) in [4.78, 5) is 20.8. The van der Waals surface area contributed by atoms with Crippen LogP contribution in [0.2, 0.25) is 0 Å². The first kappa shape index (κ1) is 13.5. The number of anilines is 3. The van der Waals surface area contributed by atoms with E-state index in [9.17, 15) is 4.79 Å². The lowest BCUT2D eigenvalue weighted by atomic mass is 10.1. The van der Waals surface area contributed by atoms with Crippen molar-refractivity contribution in [2.75, 3.05) is 10.6 Å². The van der Waals surface area contributed by atoms with E-state index in [1.165, 1.54) is 0 Å². The lowest BCUT2D eigenvalue weighted by Crippen LogP contribution is -2.06. The molecule has 120 valence electrons. The van der Waals surface area contributed by atoms with Crippen LogP contribution >= 0.6 is 0 Å². The van der Waals surface area contributed by atoms with Crippen molar-refractivity contribution >= 4 is 34.3 Å². The summed E-state index contributed by atoms with van der Waals surface area (Å²) in [5.74, 6) is 1.48. The average molecular weight is 320 g/mol. The van der Waals surface area contributed by atoms with Crippen LogP contribution in [0.4, 0.5) is 17.5 Å². The molecule has 6 heteroatoms. The number of aromatic nitrogens is 2. The number of hydrogen-bond acceptors (Lipinski definition) is 6. The molecule has 2 heterocycles. The van der Waals surface area contributed by atoms with Crippen molar-refractivity contribution in [1.82, 2.24) is 9.97 Å². The number of rotatable bonds is 4. The molecule has 0 bridgehead atoms. The Labute approximate surface area is 138 Å². The standard InChI is InChI=1S/C18H16N4O2/c23-15-6-1-10-9-12(4-5-13(10)15)20-18-21-14-7-8-24-16(14)17(22-18)19-11-2-3-11/h4-5,7-9,11H,1-3,6H2,(H2,19,20,21,22). The van der Waals surface area contributed by atoms with Crippen LogP contribution in [0, 0.1) is 0 Å². The SMILES string of the molecule is O=C1CCc2cc(Nc3nc(NC4CC4)c4occc4n3)ccc21. The Bertz CT molecular complexity index is 959. The van der Waals surface area contributed by atoms with Crippen molar-refractivity contribution in [3.05, 3.63) is 41.7 Å². The molecule has 1 fully saturated rings. The van der Waals surface area contributed by atoms with Crippen molar-refractivity contribution in [2.45, 2.75) is 31.7 Å². The van der Waals surface area contributed by atoms with Crippen LogP contribution in [0.15, 0.2) is 34.9 Å². The number of nitrogens with one attached hydrogen (secondary N) is 2. The molecule has 0 unspecified atom stereocenters. The molecule has 0 spiro atoms. The van der Waals surface area contributed by atoms with E-state index in [4.69, 9.17) is 4.42 Å². The van der Waals surface area contributed by atoms with E-state index in [2.05, 4.69) is 20.6 Å². The summed E-state index contributed by atoms with van der Waals surface area (Å²) in [5.41, 5.74) is 4.27. The van der Waals surface area contributed by atoms with Gasteiger partial charge in [0.25, 0.3) is 0 Å². The fourth-order valence-corrected chi connectivity index (χ4v) is 3.10. The lowest BCUT2D eigenvalue weighted by molar-refractivity contribution is 0.0994. The predicted molar refractivity (Wildman–Crippen MR) is 90.8 cm³/mol. The van der Waals surface area contributed by atoms with Gasteiger partial charge < -0.3 is 15.1 Å². The monoisotopic (exact) mass is 320 g/mol. The highest BCUT2D eigenvalue weighted by atomic mass is 16.3. The lowest BCUT2D eigenvalue weighted by Gasteiger charge is -2.09. The largest absolute Gasteiger partial charge is 0.459 e. The molecule has 2 aliphatic carbocycles. The van der Waals surface area contributed by atoms with Gasteiger partial charge in [-0.2, -0.15) is 4.98 Å². The van der Waals surface area contributed by atoms with Crippen molar-refractivity contribution in [2.24, 2.45) is 0 Å². The first-order valence-corrected chi connectivity index (χ1v) is 8.21. The number of aryl methyl sites for hydroxylation is 1. The highest BCUT2D eigenvalue weighted by Crippen LogP contribution is 2.31. The van der Waals surface area contributed by atoms with Gasteiger partial charge >= 0.3 is 0 Å². The number of fused-ring (bicyclic) bond motifs is 2. The van der Waals surface area contributed by atoms with Gasteiger partial charge in [-0.25, -0.2) is 4.98 Å². The summed E-state index contributed by atoms with van der Waals surface area (Å²) >= 11 is 0. The normalized spacial score (nSPS) is 16.4. The molecule has 6 nitrogen and oxygen atoms in total. The van der Waals surface area contributed by atoms with E-state index in [1.54, 1.807) is 6.26 Å². The van der Waals surface area contributed by atoms with Crippen molar-refractivity contribution in [3.63, 3.8) is 0 Å². The quantitative estimate of drug-likeness (QED) is 0.763. The van der Waals surface area contributed by atoms with Crippen LogP contribution in [0.1, 0.15) is 35.2 Å². The van der Waals surface area contributed by atoms with Crippen molar-refractivity contribution in [1.29, 1.82) is 0 Å². The Morgan fingerprint density at radius 1 is 1.12 bits per heavy atom. The van der Waals surface area contributed by atoms with Gasteiger partial charge in [-0.3, -0.25) is 4.79 Å². The molecule has 1 aromatic carbocycles. The third kappa shape index (κ3) is 2.31. The van der Waals surface area contributed by atoms with Gasteiger partial charge in [-0.05, 0) is 43.0 Å². The van der Waals surface area contributed by atoms with Crippen LogP contribution < -0.4 is 10.6 Å². The first-order chi connectivity index (χ1) is 11.8. The Balaban J connectivity index is 1.49. The van der Waals surface area contributed by atoms with Gasteiger partial charge in [0.15, 0.2) is 17.2 Å². The zero-order chi connectivity index (χ0) is 16.1. The van der Waals surface area contributed by atoms with Crippen LogP contribution in [0.5, 0.6) is 0 Å². The third-order valence-corrected chi connectivity index (χ3v) is 4.50. The number of furan rings is 1. The number of ketones is 1. The molecule has 0 amide bonds. The average Bonchev–Trinajstić information content (AvgIpc) is 3.13. The minimum Gasteiger partial charge on any atom is -0.459 e. The van der Waals surface area contributed by atoms with Gasteiger partial charge in [0, 0.05) is 29.8 Å². The molecule has 0 aliphatic heterocycles. The highest BCUT2D eigenvalue weighted by molar-refractivity contribution is 6.00. The second kappa shape index (κ2) is 5.06. The van der Waals surface area contributed by atoms with E-state index in [0.29, 0.717) is 24.0 Å². The van der Waals surface area contributed by atoms with Gasteiger partial charge in [0.2, 0.25) is 5.95 Å². The van der Waals surface area contributed by atoms with Gasteiger partial charge in [0.1, 0.15) is 5.52 Å². The van der Waals surface area contributed by atoms with Crippen molar-refractivity contribution < 1.29 is 9.21 Å². The van der Waals surface area contributed by atoms with Crippen LogP contribution in [-0.2, 0) is 6.42 Å². The van der Waals surface area contributed by atoms with Crippen LogP contribution in [0.25, 0.3) is 11.1 Å². The maximum absolute atomic E-state index is 11.7. The van der Waals surface area contributed by atoms with Crippen LogP contribution in [0.3, 0.4) is 0 Å². The van der Waals surface area contributed by atoms with E-state index in [-0.39, 0.29) is 5.78 Å². The van der Waals surface area contributed by atoms with Gasteiger partial charge in [-0.15, -0.1) is 0 Å². The summed E-state index contributed by atoms with van der Waals surface area (Å²) in [7, 11) is 0. The number of hydrogen-bond donors (Lipinski definition) is 2. The Hall–Kier alpha value is -2.89. The van der Waals surface area contributed by atoms with Crippen LogP contribution in [-0.4, -0.2) is 21.8 Å².